The van der Waals surface area contributed by atoms with Crippen LogP contribution < -0.4 is 15.5 Å². The molecule has 1 aliphatic carbocycles. The summed E-state index contributed by atoms with van der Waals surface area (Å²) in [6.45, 7) is 8.04. The molecule has 2 aliphatic rings. The van der Waals surface area contributed by atoms with Crippen molar-refractivity contribution in [3.63, 3.8) is 0 Å². The van der Waals surface area contributed by atoms with Gasteiger partial charge in [-0.25, -0.2) is 0 Å². The number of ether oxygens (including phenoxy) is 1. The summed E-state index contributed by atoms with van der Waals surface area (Å²) in [7, 11) is 1.13. The SMILES string of the molecule is CNC(=O)c1cc(B2OC(C)(C)C(C)(C)O2)ccc1OC1CC1. The molecule has 0 unspecified atom stereocenters. The Morgan fingerprint density at radius 3 is 2.35 bits per heavy atom. The predicted molar refractivity (Wildman–Crippen MR) is 89.2 cm³/mol. The zero-order chi connectivity index (χ0) is 16.8. The van der Waals surface area contributed by atoms with E-state index in [0.29, 0.717) is 11.3 Å². The lowest BCUT2D eigenvalue weighted by Crippen LogP contribution is -2.41. The smallest absolute Gasteiger partial charge is 0.490 e. The highest BCUT2D eigenvalue weighted by atomic mass is 16.7. The summed E-state index contributed by atoms with van der Waals surface area (Å²) in [5.41, 5.74) is 0.527. The van der Waals surface area contributed by atoms with E-state index in [1.54, 1.807) is 13.1 Å². The van der Waals surface area contributed by atoms with Crippen molar-refractivity contribution < 1.29 is 18.8 Å². The molecule has 0 spiro atoms. The van der Waals surface area contributed by atoms with Crippen LogP contribution in [0.3, 0.4) is 0 Å². The topological polar surface area (TPSA) is 56.8 Å². The first-order chi connectivity index (χ1) is 10.7. The molecule has 1 aliphatic heterocycles. The van der Waals surface area contributed by atoms with Crippen molar-refractivity contribution >= 4 is 18.5 Å². The summed E-state index contributed by atoms with van der Waals surface area (Å²) >= 11 is 0. The van der Waals surface area contributed by atoms with E-state index < -0.39 is 18.3 Å². The van der Waals surface area contributed by atoms with Gasteiger partial charge in [-0.2, -0.15) is 0 Å². The Balaban J connectivity index is 1.90. The molecule has 124 valence electrons. The fourth-order valence-electron chi connectivity index (χ4n) is 2.45. The third-order valence-corrected chi connectivity index (χ3v) is 4.82. The van der Waals surface area contributed by atoms with E-state index in [1.807, 2.05) is 39.8 Å². The molecule has 1 aromatic carbocycles. The fourth-order valence-corrected chi connectivity index (χ4v) is 2.45. The van der Waals surface area contributed by atoms with Gasteiger partial charge in [-0.1, -0.05) is 6.07 Å². The average molecular weight is 317 g/mol. The minimum atomic E-state index is -0.488. The average Bonchev–Trinajstić information content (AvgIpc) is 3.25. The lowest BCUT2D eigenvalue weighted by atomic mass is 9.78. The molecular formula is C17H24BNO4. The number of carbonyl (C=O) groups excluding carboxylic acids is 1. The first-order valence-corrected chi connectivity index (χ1v) is 8.12. The van der Waals surface area contributed by atoms with E-state index in [9.17, 15) is 4.79 Å². The largest absolute Gasteiger partial charge is 0.494 e. The molecule has 1 saturated heterocycles. The van der Waals surface area contributed by atoms with Crippen LogP contribution in [0.25, 0.3) is 0 Å². The highest BCUT2D eigenvalue weighted by Crippen LogP contribution is 2.37. The summed E-state index contributed by atoms with van der Waals surface area (Å²) in [4.78, 5) is 12.2. The Morgan fingerprint density at radius 1 is 1.22 bits per heavy atom. The van der Waals surface area contributed by atoms with Gasteiger partial charge in [0.2, 0.25) is 0 Å². The molecule has 0 atom stereocenters. The number of benzene rings is 1. The molecule has 6 heteroatoms. The monoisotopic (exact) mass is 317 g/mol. The molecule has 1 amide bonds. The zero-order valence-electron chi connectivity index (χ0n) is 14.4. The van der Waals surface area contributed by atoms with Crippen LogP contribution in [0.2, 0.25) is 0 Å². The van der Waals surface area contributed by atoms with Crippen molar-refractivity contribution in [2.45, 2.75) is 57.8 Å². The Bertz CT molecular complexity index is 609. The molecule has 3 rings (SSSR count). The standard InChI is InChI=1S/C17H24BNO4/c1-16(2)17(3,4)23-18(22-16)11-6-9-14(21-12-7-8-12)13(10-11)15(20)19-5/h6,9-10,12H,7-8H2,1-5H3,(H,19,20). The molecule has 2 fully saturated rings. The lowest BCUT2D eigenvalue weighted by molar-refractivity contribution is 0.00578. The molecule has 5 nitrogen and oxygen atoms in total. The van der Waals surface area contributed by atoms with E-state index in [0.717, 1.165) is 18.3 Å². The highest BCUT2D eigenvalue weighted by Gasteiger charge is 2.51. The quantitative estimate of drug-likeness (QED) is 0.862. The van der Waals surface area contributed by atoms with Crippen LogP contribution in [-0.4, -0.2) is 37.4 Å². The second-order valence-corrected chi connectivity index (χ2v) is 7.24. The van der Waals surface area contributed by atoms with Gasteiger partial charge in [-0.05, 0) is 58.1 Å². The van der Waals surface area contributed by atoms with Gasteiger partial charge >= 0.3 is 7.12 Å². The van der Waals surface area contributed by atoms with Gasteiger partial charge in [0.1, 0.15) is 5.75 Å². The molecule has 0 radical (unpaired) electrons. The van der Waals surface area contributed by atoms with Crippen molar-refractivity contribution in [2.24, 2.45) is 0 Å². The maximum absolute atomic E-state index is 12.2. The second kappa shape index (κ2) is 5.53. The number of rotatable bonds is 4. The van der Waals surface area contributed by atoms with Crippen LogP contribution in [-0.2, 0) is 9.31 Å². The highest BCUT2D eigenvalue weighted by molar-refractivity contribution is 6.62. The van der Waals surface area contributed by atoms with E-state index in [-0.39, 0.29) is 12.0 Å². The summed E-state index contributed by atoms with van der Waals surface area (Å²) < 4.78 is 18.0. The second-order valence-electron chi connectivity index (χ2n) is 7.24. The van der Waals surface area contributed by atoms with Crippen molar-refractivity contribution in [3.8, 4) is 5.75 Å². The van der Waals surface area contributed by atoms with Gasteiger partial charge in [0.25, 0.3) is 5.91 Å². The van der Waals surface area contributed by atoms with Crippen LogP contribution in [0.5, 0.6) is 5.75 Å². The molecule has 1 heterocycles. The molecule has 23 heavy (non-hydrogen) atoms. The van der Waals surface area contributed by atoms with Gasteiger partial charge in [-0.15, -0.1) is 0 Å². The van der Waals surface area contributed by atoms with Gasteiger partial charge < -0.3 is 19.4 Å². The predicted octanol–water partition coefficient (Wildman–Crippen LogP) is 1.89. The minimum absolute atomic E-state index is 0.168. The van der Waals surface area contributed by atoms with Crippen LogP contribution in [0.4, 0.5) is 0 Å². The van der Waals surface area contributed by atoms with Crippen molar-refractivity contribution in [2.75, 3.05) is 7.05 Å². The van der Waals surface area contributed by atoms with Crippen molar-refractivity contribution in [1.82, 2.24) is 5.32 Å². The Morgan fingerprint density at radius 2 is 1.83 bits per heavy atom. The number of hydrogen-bond acceptors (Lipinski definition) is 4. The normalized spacial score (nSPS) is 22.0. The van der Waals surface area contributed by atoms with E-state index in [4.69, 9.17) is 14.0 Å². The first-order valence-electron chi connectivity index (χ1n) is 8.12. The third-order valence-electron chi connectivity index (χ3n) is 4.82. The molecule has 1 saturated carbocycles. The summed E-state index contributed by atoms with van der Waals surface area (Å²) in [6.07, 6.45) is 2.33. The van der Waals surface area contributed by atoms with Gasteiger partial charge in [0.05, 0.1) is 22.9 Å². The zero-order valence-corrected chi connectivity index (χ0v) is 14.4. The number of carbonyl (C=O) groups is 1. The van der Waals surface area contributed by atoms with Crippen LogP contribution in [0.1, 0.15) is 50.9 Å². The Hall–Kier alpha value is -1.53. The maximum atomic E-state index is 12.2. The Kier molecular flexibility index (Phi) is 3.93. The number of hydrogen-bond donors (Lipinski definition) is 1. The molecule has 0 aromatic heterocycles. The van der Waals surface area contributed by atoms with E-state index in [1.165, 1.54) is 0 Å². The number of amides is 1. The molecule has 0 bridgehead atoms. The minimum Gasteiger partial charge on any atom is -0.490 e. The Labute approximate surface area is 137 Å². The summed E-state index contributed by atoms with van der Waals surface area (Å²) in [5, 5.41) is 2.67. The van der Waals surface area contributed by atoms with Crippen LogP contribution in [0, 0.1) is 0 Å². The van der Waals surface area contributed by atoms with Crippen LogP contribution in [0.15, 0.2) is 18.2 Å². The van der Waals surface area contributed by atoms with Gasteiger partial charge in [0, 0.05) is 7.05 Å². The van der Waals surface area contributed by atoms with Crippen LogP contribution >= 0.6 is 0 Å². The lowest BCUT2D eigenvalue weighted by Gasteiger charge is -2.32. The fraction of sp³-hybridized carbons (Fsp3) is 0.588. The van der Waals surface area contributed by atoms with Crippen molar-refractivity contribution in [1.29, 1.82) is 0 Å². The van der Waals surface area contributed by atoms with E-state index >= 15 is 0 Å². The van der Waals surface area contributed by atoms with Crippen molar-refractivity contribution in [3.05, 3.63) is 23.8 Å². The summed E-state index contributed by atoms with van der Waals surface area (Å²) in [5.74, 6) is 0.450. The summed E-state index contributed by atoms with van der Waals surface area (Å²) in [6, 6.07) is 5.55. The molecular weight excluding hydrogens is 293 g/mol. The van der Waals surface area contributed by atoms with Gasteiger partial charge in [-0.3, -0.25) is 4.79 Å². The molecule has 1 aromatic rings. The van der Waals surface area contributed by atoms with E-state index in [2.05, 4.69) is 5.32 Å². The first kappa shape index (κ1) is 16.3. The van der Waals surface area contributed by atoms with Gasteiger partial charge in [0.15, 0.2) is 0 Å². The molecule has 1 N–H and O–H groups in total. The number of nitrogens with one attached hydrogen (secondary N) is 1. The maximum Gasteiger partial charge on any atom is 0.494 e. The third kappa shape index (κ3) is 3.10.